The molecule has 1 aliphatic carbocycles. The van der Waals surface area contributed by atoms with E-state index in [1.165, 1.54) is 24.3 Å². The molecular weight excluding hydrogens is 319 g/mol. The molecule has 2 aromatic carbocycles. The predicted octanol–water partition coefficient (Wildman–Crippen LogP) is 2.98. The van der Waals surface area contributed by atoms with Gasteiger partial charge in [-0.15, -0.1) is 0 Å². The van der Waals surface area contributed by atoms with Crippen molar-refractivity contribution in [3.8, 4) is 0 Å². The quantitative estimate of drug-likeness (QED) is 0.883. The van der Waals surface area contributed by atoms with Gasteiger partial charge in [-0.2, -0.15) is 0 Å². The normalized spacial score (nSPS) is 14.3. The minimum absolute atomic E-state index is 0.0580. The number of hydrogen-bond acceptors (Lipinski definition) is 3. The molecule has 0 aromatic heterocycles. The van der Waals surface area contributed by atoms with E-state index in [0.717, 1.165) is 18.9 Å². The van der Waals surface area contributed by atoms with Gasteiger partial charge in [0.15, 0.2) is 0 Å². The summed E-state index contributed by atoms with van der Waals surface area (Å²) in [6.45, 7) is 0. The minimum Gasteiger partial charge on any atom is -0.326 e. The first kappa shape index (κ1) is 15.5. The molecule has 0 radical (unpaired) electrons. The van der Waals surface area contributed by atoms with Gasteiger partial charge in [-0.3, -0.25) is 9.52 Å². The van der Waals surface area contributed by atoms with Crippen LogP contribution in [0.4, 0.5) is 15.8 Å². The van der Waals surface area contributed by atoms with Crippen molar-refractivity contribution in [1.82, 2.24) is 0 Å². The number of carbonyl (C=O) groups is 1. The Bertz CT molecular complexity index is 848. The maximum atomic E-state index is 13.2. The Kier molecular flexibility index (Phi) is 4.04. The summed E-state index contributed by atoms with van der Waals surface area (Å²) in [6, 6.07) is 11.2. The fourth-order valence-electron chi connectivity index (χ4n) is 2.10. The van der Waals surface area contributed by atoms with Gasteiger partial charge < -0.3 is 5.32 Å². The average molecular weight is 334 g/mol. The molecular formula is C16H15FN2O3S. The SMILES string of the molecule is O=C(Nc1cccc(NS(=O)(=O)c2cccc(F)c2)c1)C1CC1. The molecule has 1 amide bonds. The number of benzene rings is 2. The van der Waals surface area contributed by atoms with Gasteiger partial charge in [0.05, 0.1) is 10.6 Å². The first-order chi connectivity index (χ1) is 10.9. The maximum Gasteiger partial charge on any atom is 0.261 e. The van der Waals surface area contributed by atoms with Crippen LogP contribution < -0.4 is 10.0 Å². The van der Waals surface area contributed by atoms with Crippen LogP contribution in [0, 0.1) is 11.7 Å². The predicted molar refractivity (Wildman–Crippen MR) is 85.0 cm³/mol. The molecule has 0 unspecified atom stereocenters. The highest BCUT2D eigenvalue weighted by atomic mass is 32.2. The monoisotopic (exact) mass is 334 g/mol. The Labute approximate surface area is 133 Å². The van der Waals surface area contributed by atoms with Crippen molar-refractivity contribution in [2.75, 3.05) is 10.0 Å². The molecule has 2 N–H and O–H groups in total. The Morgan fingerprint density at radius 1 is 1.04 bits per heavy atom. The summed E-state index contributed by atoms with van der Waals surface area (Å²) >= 11 is 0. The summed E-state index contributed by atoms with van der Waals surface area (Å²) in [6.07, 6.45) is 1.77. The molecule has 1 fully saturated rings. The lowest BCUT2D eigenvalue weighted by atomic mass is 10.2. The summed E-state index contributed by atoms with van der Waals surface area (Å²) in [7, 11) is -3.89. The van der Waals surface area contributed by atoms with Crippen LogP contribution in [0.5, 0.6) is 0 Å². The fraction of sp³-hybridized carbons (Fsp3) is 0.188. The standard InChI is InChI=1S/C16H15FN2O3S/c17-12-3-1-6-15(9-12)23(21,22)19-14-5-2-4-13(10-14)18-16(20)11-7-8-11/h1-6,9-11,19H,7-8H2,(H,18,20). The van der Waals surface area contributed by atoms with Gasteiger partial charge in [-0.05, 0) is 49.2 Å². The summed E-state index contributed by atoms with van der Waals surface area (Å²) in [5.41, 5.74) is 0.809. The molecule has 1 aliphatic rings. The van der Waals surface area contributed by atoms with Gasteiger partial charge in [-0.25, -0.2) is 12.8 Å². The second kappa shape index (κ2) is 6.00. The Morgan fingerprint density at radius 3 is 2.43 bits per heavy atom. The smallest absolute Gasteiger partial charge is 0.261 e. The van der Waals surface area contributed by atoms with Gasteiger partial charge in [0.1, 0.15) is 5.82 Å². The molecule has 1 saturated carbocycles. The van der Waals surface area contributed by atoms with Crippen molar-refractivity contribution in [2.24, 2.45) is 5.92 Å². The number of carbonyl (C=O) groups excluding carboxylic acids is 1. The Balaban J connectivity index is 1.78. The largest absolute Gasteiger partial charge is 0.326 e. The van der Waals surface area contributed by atoms with E-state index < -0.39 is 15.8 Å². The molecule has 0 bridgehead atoms. The van der Waals surface area contributed by atoms with Gasteiger partial charge in [0, 0.05) is 11.6 Å². The lowest BCUT2D eigenvalue weighted by Crippen LogP contribution is -2.15. The zero-order valence-corrected chi connectivity index (χ0v) is 12.9. The average Bonchev–Trinajstić information content (AvgIpc) is 3.32. The molecule has 23 heavy (non-hydrogen) atoms. The third-order valence-corrected chi connectivity index (χ3v) is 4.82. The molecule has 3 rings (SSSR count). The van der Waals surface area contributed by atoms with Crippen molar-refractivity contribution in [1.29, 1.82) is 0 Å². The van der Waals surface area contributed by atoms with Crippen LogP contribution >= 0.6 is 0 Å². The minimum atomic E-state index is -3.89. The van der Waals surface area contributed by atoms with Crippen LogP contribution in [-0.2, 0) is 14.8 Å². The van der Waals surface area contributed by atoms with E-state index in [9.17, 15) is 17.6 Å². The van der Waals surface area contributed by atoms with Crippen LogP contribution in [0.3, 0.4) is 0 Å². The molecule has 2 aromatic rings. The van der Waals surface area contributed by atoms with Crippen molar-refractivity contribution in [3.05, 3.63) is 54.3 Å². The van der Waals surface area contributed by atoms with E-state index >= 15 is 0 Å². The molecule has 120 valence electrons. The van der Waals surface area contributed by atoms with Crippen LogP contribution in [0.25, 0.3) is 0 Å². The first-order valence-electron chi connectivity index (χ1n) is 7.13. The summed E-state index contributed by atoms with van der Waals surface area (Å²) in [5, 5.41) is 2.75. The lowest BCUT2D eigenvalue weighted by Gasteiger charge is -2.10. The van der Waals surface area contributed by atoms with E-state index in [2.05, 4.69) is 10.0 Å². The highest BCUT2D eigenvalue weighted by molar-refractivity contribution is 7.92. The molecule has 7 heteroatoms. The van der Waals surface area contributed by atoms with E-state index in [4.69, 9.17) is 0 Å². The summed E-state index contributed by atoms with van der Waals surface area (Å²) in [4.78, 5) is 11.6. The van der Waals surface area contributed by atoms with E-state index in [-0.39, 0.29) is 16.7 Å². The van der Waals surface area contributed by atoms with Crippen molar-refractivity contribution in [3.63, 3.8) is 0 Å². The molecule has 5 nitrogen and oxygen atoms in total. The maximum absolute atomic E-state index is 13.2. The first-order valence-corrected chi connectivity index (χ1v) is 8.62. The Morgan fingerprint density at radius 2 is 1.74 bits per heavy atom. The Hall–Kier alpha value is -2.41. The van der Waals surface area contributed by atoms with Crippen LogP contribution in [0.2, 0.25) is 0 Å². The van der Waals surface area contributed by atoms with Gasteiger partial charge >= 0.3 is 0 Å². The third-order valence-electron chi connectivity index (χ3n) is 3.44. The zero-order chi connectivity index (χ0) is 16.4. The van der Waals surface area contributed by atoms with Crippen molar-refractivity contribution in [2.45, 2.75) is 17.7 Å². The number of hydrogen-bond donors (Lipinski definition) is 2. The number of nitrogens with one attached hydrogen (secondary N) is 2. The number of rotatable bonds is 5. The fourth-order valence-corrected chi connectivity index (χ4v) is 3.18. The van der Waals surface area contributed by atoms with Crippen LogP contribution in [0.15, 0.2) is 53.4 Å². The van der Waals surface area contributed by atoms with E-state index in [0.29, 0.717) is 11.4 Å². The highest BCUT2D eigenvalue weighted by Gasteiger charge is 2.29. The molecule has 0 atom stereocenters. The van der Waals surface area contributed by atoms with Gasteiger partial charge in [0.2, 0.25) is 5.91 Å². The molecule has 0 aliphatic heterocycles. The third kappa shape index (κ3) is 3.87. The van der Waals surface area contributed by atoms with E-state index in [1.54, 1.807) is 18.2 Å². The van der Waals surface area contributed by atoms with Crippen molar-refractivity contribution < 1.29 is 17.6 Å². The van der Waals surface area contributed by atoms with Crippen LogP contribution in [0.1, 0.15) is 12.8 Å². The number of amides is 1. The number of anilines is 2. The lowest BCUT2D eigenvalue weighted by molar-refractivity contribution is -0.117. The highest BCUT2D eigenvalue weighted by Crippen LogP contribution is 2.30. The summed E-state index contributed by atoms with van der Waals surface area (Å²) in [5.74, 6) is -0.629. The van der Waals surface area contributed by atoms with Gasteiger partial charge in [-0.1, -0.05) is 12.1 Å². The summed E-state index contributed by atoms with van der Waals surface area (Å²) < 4.78 is 40.0. The molecule has 0 spiro atoms. The van der Waals surface area contributed by atoms with E-state index in [1.807, 2.05) is 0 Å². The second-order valence-corrected chi connectivity index (χ2v) is 7.09. The molecule has 0 saturated heterocycles. The zero-order valence-electron chi connectivity index (χ0n) is 12.1. The van der Waals surface area contributed by atoms with Gasteiger partial charge in [0.25, 0.3) is 10.0 Å². The number of halogens is 1. The number of sulfonamides is 1. The van der Waals surface area contributed by atoms with Crippen molar-refractivity contribution >= 4 is 27.3 Å². The molecule has 0 heterocycles. The van der Waals surface area contributed by atoms with Crippen LogP contribution in [-0.4, -0.2) is 14.3 Å². The second-order valence-electron chi connectivity index (χ2n) is 5.41. The topological polar surface area (TPSA) is 75.3 Å².